The first kappa shape index (κ1) is 10.5. The molecule has 0 N–H and O–H groups in total. The lowest BCUT2D eigenvalue weighted by Gasteiger charge is -2.26. The van der Waals surface area contributed by atoms with Crippen LogP contribution in [0.15, 0.2) is 0 Å². The van der Waals surface area contributed by atoms with Gasteiger partial charge in [0.05, 0.1) is 4.75 Å². The summed E-state index contributed by atoms with van der Waals surface area (Å²) in [7, 11) is 0. The fourth-order valence-electron chi connectivity index (χ4n) is 2.90. The molecule has 1 saturated carbocycles. The first-order chi connectivity index (χ1) is 6.63. The second-order valence-electron chi connectivity index (χ2n) is 5.06. The van der Waals surface area contributed by atoms with E-state index in [-0.39, 0.29) is 4.75 Å². The molecule has 0 aromatic heterocycles. The van der Waals surface area contributed by atoms with Crippen LogP contribution in [0.5, 0.6) is 0 Å². The average molecular weight is 212 g/mol. The van der Waals surface area contributed by atoms with Crippen LogP contribution in [-0.4, -0.2) is 16.3 Å². The Morgan fingerprint density at radius 3 is 2.64 bits per heavy atom. The molecule has 0 radical (unpaired) electrons. The van der Waals surface area contributed by atoms with E-state index in [1.165, 1.54) is 25.0 Å². The van der Waals surface area contributed by atoms with Gasteiger partial charge < -0.3 is 0 Å². The maximum absolute atomic E-state index is 12.4. The fraction of sp³-hybridized carbons (Fsp3) is 0.917. The van der Waals surface area contributed by atoms with Gasteiger partial charge in [0.2, 0.25) is 0 Å². The van der Waals surface area contributed by atoms with Crippen LogP contribution in [0.25, 0.3) is 0 Å². The lowest BCUT2D eigenvalue weighted by Crippen LogP contribution is -2.35. The van der Waals surface area contributed by atoms with Gasteiger partial charge in [0.1, 0.15) is 0 Å². The van der Waals surface area contributed by atoms with E-state index in [2.05, 4.69) is 13.8 Å². The highest BCUT2D eigenvalue weighted by Crippen LogP contribution is 2.44. The molecule has 2 aliphatic rings. The Balaban J connectivity index is 2.06. The number of carbonyl (C=O) groups is 1. The fourth-order valence-corrected chi connectivity index (χ4v) is 4.22. The predicted octanol–water partition coefficient (Wildman–Crippen LogP) is 3.28. The van der Waals surface area contributed by atoms with Crippen LogP contribution in [0.3, 0.4) is 0 Å². The van der Waals surface area contributed by atoms with Gasteiger partial charge in [0.15, 0.2) is 5.78 Å². The number of ketones is 1. The number of carbonyl (C=O) groups excluding carboxylic acids is 1. The number of hydrogen-bond donors (Lipinski definition) is 0. The molecule has 2 fully saturated rings. The van der Waals surface area contributed by atoms with Crippen LogP contribution in [0.2, 0.25) is 0 Å². The normalized spacial score (nSPS) is 43.0. The molecule has 3 atom stereocenters. The molecule has 1 saturated heterocycles. The zero-order valence-electron chi connectivity index (χ0n) is 9.21. The standard InChI is InChI=1S/C12H20OS/c1-9-5-3-6-10(9)11(13)12(2)7-4-8-14-12/h9-10H,3-8H2,1-2H3. The summed E-state index contributed by atoms with van der Waals surface area (Å²) in [6.45, 7) is 4.41. The summed E-state index contributed by atoms with van der Waals surface area (Å²) in [5, 5.41) is 0. The van der Waals surface area contributed by atoms with Crippen molar-refractivity contribution in [2.75, 3.05) is 5.75 Å². The third kappa shape index (κ3) is 1.73. The van der Waals surface area contributed by atoms with Crippen molar-refractivity contribution in [3.8, 4) is 0 Å². The maximum atomic E-state index is 12.4. The van der Waals surface area contributed by atoms with Gasteiger partial charge in [-0.25, -0.2) is 0 Å². The molecule has 1 nitrogen and oxygen atoms in total. The summed E-state index contributed by atoms with van der Waals surface area (Å²) in [5.41, 5.74) is 0. The summed E-state index contributed by atoms with van der Waals surface area (Å²) in [6, 6.07) is 0. The van der Waals surface area contributed by atoms with Gasteiger partial charge in [0, 0.05) is 5.92 Å². The summed E-state index contributed by atoms with van der Waals surface area (Å²) in [4.78, 5) is 12.4. The molecule has 0 amide bonds. The highest BCUT2D eigenvalue weighted by molar-refractivity contribution is 8.01. The number of hydrogen-bond acceptors (Lipinski definition) is 2. The molecule has 0 spiro atoms. The van der Waals surface area contributed by atoms with Gasteiger partial charge in [-0.2, -0.15) is 0 Å². The van der Waals surface area contributed by atoms with E-state index in [0.717, 1.165) is 12.8 Å². The Morgan fingerprint density at radius 2 is 2.14 bits per heavy atom. The summed E-state index contributed by atoms with van der Waals surface area (Å²) >= 11 is 1.89. The van der Waals surface area contributed by atoms with Crippen LogP contribution in [-0.2, 0) is 4.79 Å². The van der Waals surface area contributed by atoms with E-state index in [0.29, 0.717) is 17.6 Å². The second kappa shape index (κ2) is 3.88. The Hall–Kier alpha value is 0.0200. The largest absolute Gasteiger partial charge is 0.298 e. The second-order valence-corrected chi connectivity index (χ2v) is 6.66. The monoisotopic (exact) mass is 212 g/mol. The number of rotatable bonds is 2. The molecular weight excluding hydrogens is 192 g/mol. The van der Waals surface area contributed by atoms with Crippen molar-refractivity contribution in [3.63, 3.8) is 0 Å². The molecular formula is C12H20OS. The van der Waals surface area contributed by atoms with Crippen molar-refractivity contribution in [3.05, 3.63) is 0 Å². The molecule has 2 heteroatoms. The molecule has 1 aliphatic carbocycles. The Labute approximate surface area is 91.0 Å². The van der Waals surface area contributed by atoms with Crippen LogP contribution in [0, 0.1) is 11.8 Å². The maximum Gasteiger partial charge on any atom is 0.151 e. The summed E-state index contributed by atoms with van der Waals surface area (Å²) in [5.74, 6) is 2.76. The van der Waals surface area contributed by atoms with Gasteiger partial charge in [-0.3, -0.25) is 4.79 Å². The first-order valence-electron chi connectivity index (χ1n) is 5.82. The zero-order chi connectivity index (χ0) is 10.2. The topological polar surface area (TPSA) is 17.1 Å². The van der Waals surface area contributed by atoms with E-state index in [1.807, 2.05) is 11.8 Å². The minimum atomic E-state index is -0.0245. The summed E-state index contributed by atoms with van der Waals surface area (Å²) < 4.78 is -0.0245. The summed E-state index contributed by atoms with van der Waals surface area (Å²) in [6.07, 6.45) is 6.01. The van der Waals surface area contributed by atoms with Crippen LogP contribution < -0.4 is 0 Å². The van der Waals surface area contributed by atoms with E-state index in [4.69, 9.17) is 0 Å². The van der Waals surface area contributed by atoms with Gasteiger partial charge in [-0.05, 0) is 44.3 Å². The Bertz CT molecular complexity index is 230. The van der Waals surface area contributed by atoms with E-state index < -0.39 is 0 Å². The van der Waals surface area contributed by atoms with Crippen LogP contribution in [0.1, 0.15) is 46.0 Å². The van der Waals surface area contributed by atoms with Crippen molar-refractivity contribution >= 4 is 17.5 Å². The first-order valence-corrected chi connectivity index (χ1v) is 6.80. The van der Waals surface area contributed by atoms with Crippen molar-refractivity contribution in [1.82, 2.24) is 0 Å². The van der Waals surface area contributed by atoms with Gasteiger partial charge in [-0.15, -0.1) is 11.8 Å². The molecule has 80 valence electrons. The van der Waals surface area contributed by atoms with E-state index >= 15 is 0 Å². The molecule has 14 heavy (non-hydrogen) atoms. The lowest BCUT2D eigenvalue weighted by molar-refractivity contribution is -0.125. The molecule has 0 bridgehead atoms. The molecule has 3 unspecified atom stereocenters. The Morgan fingerprint density at radius 1 is 1.36 bits per heavy atom. The zero-order valence-corrected chi connectivity index (χ0v) is 10.0. The van der Waals surface area contributed by atoms with Crippen molar-refractivity contribution < 1.29 is 4.79 Å². The van der Waals surface area contributed by atoms with Crippen LogP contribution >= 0.6 is 11.8 Å². The molecule has 2 rings (SSSR count). The molecule has 0 aromatic rings. The predicted molar refractivity (Wildman–Crippen MR) is 61.6 cm³/mol. The third-order valence-electron chi connectivity index (χ3n) is 3.94. The van der Waals surface area contributed by atoms with Crippen molar-refractivity contribution in [1.29, 1.82) is 0 Å². The molecule has 1 aliphatic heterocycles. The lowest BCUT2D eigenvalue weighted by atomic mass is 9.85. The smallest absolute Gasteiger partial charge is 0.151 e. The van der Waals surface area contributed by atoms with Crippen molar-refractivity contribution in [2.45, 2.75) is 50.7 Å². The Kier molecular flexibility index (Phi) is 2.92. The quantitative estimate of drug-likeness (QED) is 0.699. The van der Waals surface area contributed by atoms with Crippen molar-refractivity contribution in [2.24, 2.45) is 11.8 Å². The van der Waals surface area contributed by atoms with E-state index in [9.17, 15) is 4.79 Å². The molecule has 1 heterocycles. The van der Waals surface area contributed by atoms with Gasteiger partial charge in [0.25, 0.3) is 0 Å². The average Bonchev–Trinajstić information content (AvgIpc) is 2.74. The third-order valence-corrected chi connectivity index (χ3v) is 5.47. The SMILES string of the molecule is CC1CCCC1C(=O)C1(C)CCCS1. The minimum Gasteiger partial charge on any atom is -0.298 e. The number of thioether (sulfide) groups is 1. The van der Waals surface area contributed by atoms with Gasteiger partial charge >= 0.3 is 0 Å². The minimum absolute atomic E-state index is 0.0245. The van der Waals surface area contributed by atoms with Crippen LogP contribution in [0.4, 0.5) is 0 Å². The molecule has 0 aromatic carbocycles. The van der Waals surface area contributed by atoms with E-state index in [1.54, 1.807) is 0 Å². The highest BCUT2D eigenvalue weighted by Gasteiger charge is 2.43. The number of Topliss-reactive ketones (excluding diaryl/α,β-unsaturated/α-hetero) is 1. The van der Waals surface area contributed by atoms with Gasteiger partial charge in [-0.1, -0.05) is 13.3 Å². The highest BCUT2D eigenvalue weighted by atomic mass is 32.2.